The molecule has 0 aliphatic carbocycles. The van der Waals surface area contributed by atoms with Crippen molar-refractivity contribution < 1.29 is 9.18 Å². The molecule has 0 fully saturated rings. The Hall–Kier alpha value is -2.32. The van der Waals surface area contributed by atoms with E-state index in [4.69, 9.17) is 5.73 Å². The van der Waals surface area contributed by atoms with Gasteiger partial charge in [-0.25, -0.2) is 9.37 Å². The van der Waals surface area contributed by atoms with Crippen LogP contribution in [0.5, 0.6) is 0 Å². The van der Waals surface area contributed by atoms with Crippen LogP contribution in [-0.4, -0.2) is 27.1 Å². The van der Waals surface area contributed by atoms with Gasteiger partial charge in [-0.15, -0.1) is 11.3 Å². The minimum absolute atomic E-state index is 0.328. The zero-order valence-corrected chi connectivity index (χ0v) is 13.3. The molecule has 0 spiro atoms. The number of H-pyrrole nitrogens is 1. The number of fused-ring (bicyclic) bond motifs is 1. The fourth-order valence-electron chi connectivity index (χ4n) is 2.27. The number of nitrogens with one attached hydrogen (secondary N) is 2. The van der Waals surface area contributed by atoms with Crippen LogP contribution in [0.4, 0.5) is 10.1 Å². The lowest BCUT2D eigenvalue weighted by molar-refractivity contribution is -0.117. The third-order valence-corrected chi connectivity index (χ3v) is 4.38. The SMILES string of the molecule is Cc1nc2c(F)cc(NC(=O)C(N)CCc3cn[nH]c3)cc2s1. The first-order chi connectivity index (χ1) is 11.0. The summed E-state index contributed by atoms with van der Waals surface area (Å²) in [6.45, 7) is 1.81. The fraction of sp³-hybridized carbons (Fsp3) is 0.267. The van der Waals surface area contributed by atoms with E-state index in [9.17, 15) is 9.18 Å². The van der Waals surface area contributed by atoms with Crippen LogP contribution >= 0.6 is 11.3 Å². The quantitative estimate of drug-likeness (QED) is 0.668. The summed E-state index contributed by atoms with van der Waals surface area (Å²) in [7, 11) is 0. The van der Waals surface area contributed by atoms with Gasteiger partial charge in [-0.3, -0.25) is 9.89 Å². The largest absolute Gasteiger partial charge is 0.325 e. The lowest BCUT2D eigenvalue weighted by Gasteiger charge is -2.12. The molecule has 0 aliphatic heterocycles. The molecular formula is C15H16FN5OS. The highest BCUT2D eigenvalue weighted by molar-refractivity contribution is 7.18. The first kappa shape index (κ1) is 15.6. The third kappa shape index (κ3) is 3.54. The van der Waals surface area contributed by atoms with Gasteiger partial charge in [0.05, 0.1) is 21.9 Å². The summed E-state index contributed by atoms with van der Waals surface area (Å²) in [5.41, 5.74) is 7.60. The van der Waals surface area contributed by atoms with Gasteiger partial charge >= 0.3 is 0 Å². The average Bonchev–Trinajstić information content (AvgIpc) is 3.13. The number of halogens is 1. The van der Waals surface area contributed by atoms with Crippen LogP contribution in [0.2, 0.25) is 0 Å². The van der Waals surface area contributed by atoms with Crippen molar-refractivity contribution in [3.05, 3.63) is 40.9 Å². The van der Waals surface area contributed by atoms with Gasteiger partial charge < -0.3 is 11.1 Å². The van der Waals surface area contributed by atoms with Crippen LogP contribution in [0.3, 0.4) is 0 Å². The van der Waals surface area contributed by atoms with E-state index in [1.165, 1.54) is 17.4 Å². The summed E-state index contributed by atoms with van der Waals surface area (Å²) >= 11 is 1.38. The van der Waals surface area contributed by atoms with Gasteiger partial charge in [0.2, 0.25) is 5.91 Å². The Morgan fingerprint density at radius 3 is 3.09 bits per heavy atom. The predicted molar refractivity (Wildman–Crippen MR) is 87.8 cm³/mol. The highest BCUT2D eigenvalue weighted by Gasteiger charge is 2.16. The van der Waals surface area contributed by atoms with E-state index in [-0.39, 0.29) is 5.91 Å². The van der Waals surface area contributed by atoms with Gasteiger partial charge in [0, 0.05) is 11.9 Å². The molecule has 1 aromatic carbocycles. The first-order valence-corrected chi connectivity index (χ1v) is 7.95. The van der Waals surface area contributed by atoms with Gasteiger partial charge in [-0.05, 0) is 37.5 Å². The smallest absolute Gasteiger partial charge is 0.241 e. The van der Waals surface area contributed by atoms with Gasteiger partial charge in [-0.1, -0.05) is 0 Å². The topological polar surface area (TPSA) is 96.7 Å². The molecule has 2 aromatic heterocycles. The van der Waals surface area contributed by atoms with Crippen LogP contribution in [0.1, 0.15) is 17.0 Å². The maximum absolute atomic E-state index is 14.0. The van der Waals surface area contributed by atoms with Crippen molar-refractivity contribution in [1.82, 2.24) is 15.2 Å². The van der Waals surface area contributed by atoms with Gasteiger partial charge in [0.1, 0.15) is 5.52 Å². The highest BCUT2D eigenvalue weighted by Crippen LogP contribution is 2.27. The van der Waals surface area contributed by atoms with Crippen molar-refractivity contribution in [1.29, 1.82) is 0 Å². The molecule has 0 radical (unpaired) electrons. The summed E-state index contributed by atoms with van der Waals surface area (Å²) in [4.78, 5) is 16.3. The zero-order chi connectivity index (χ0) is 16.4. The Kier molecular flexibility index (Phi) is 4.35. The number of carbonyl (C=O) groups is 1. The Morgan fingerprint density at radius 2 is 2.35 bits per heavy atom. The lowest BCUT2D eigenvalue weighted by atomic mass is 10.1. The summed E-state index contributed by atoms with van der Waals surface area (Å²) in [5, 5.41) is 9.99. The molecule has 2 heterocycles. The Balaban J connectivity index is 1.67. The van der Waals surface area contributed by atoms with Crippen LogP contribution in [-0.2, 0) is 11.2 Å². The summed E-state index contributed by atoms with van der Waals surface area (Å²) in [5.74, 6) is -0.789. The molecule has 0 saturated carbocycles. The molecular weight excluding hydrogens is 317 g/mol. The molecule has 3 aromatic rings. The maximum Gasteiger partial charge on any atom is 0.241 e. The van der Waals surface area contributed by atoms with Gasteiger partial charge in [0.25, 0.3) is 0 Å². The molecule has 0 bridgehead atoms. The second kappa shape index (κ2) is 6.43. The van der Waals surface area contributed by atoms with Crippen LogP contribution in [0.15, 0.2) is 24.5 Å². The highest BCUT2D eigenvalue weighted by atomic mass is 32.1. The Labute approximate surface area is 135 Å². The predicted octanol–water partition coefficient (Wildman–Crippen LogP) is 2.37. The van der Waals surface area contributed by atoms with E-state index in [2.05, 4.69) is 20.5 Å². The monoisotopic (exact) mass is 333 g/mol. The summed E-state index contributed by atoms with van der Waals surface area (Å²) in [6.07, 6.45) is 4.59. The number of nitrogens with two attached hydrogens (primary N) is 1. The minimum atomic E-state index is -0.674. The number of carbonyl (C=O) groups excluding carboxylic acids is 1. The zero-order valence-electron chi connectivity index (χ0n) is 12.5. The summed E-state index contributed by atoms with van der Waals surface area (Å²) in [6, 6.07) is 2.30. The van der Waals surface area contributed by atoms with Crippen LogP contribution in [0.25, 0.3) is 10.2 Å². The number of aryl methyl sites for hydroxylation is 2. The lowest BCUT2D eigenvalue weighted by Crippen LogP contribution is -2.36. The van der Waals surface area contributed by atoms with Gasteiger partial charge in [-0.2, -0.15) is 5.10 Å². The van der Waals surface area contributed by atoms with E-state index in [0.29, 0.717) is 28.7 Å². The number of nitrogens with zero attached hydrogens (tertiary/aromatic N) is 2. The number of anilines is 1. The van der Waals surface area contributed by atoms with Crippen molar-refractivity contribution in [3.63, 3.8) is 0 Å². The molecule has 6 nitrogen and oxygen atoms in total. The Bertz CT molecular complexity index is 830. The Morgan fingerprint density at radius 1 is 1.52 bits per heavy atom. The number of aromatic nitrogens is 3. The molecule has 8 heteroatoms. The van der Waals surface area contributed by atoms with Crippen molar-refractivity contribution in [2.24, 2.45) is 5.73 Å². The number of benzene rings is 1. The van der Waals surface area contributed by atoms with Gasteiger partial charge in [0.15, 0.2) is 5.82 Å². The maximum atomic E-state index is 14.0. The molecule has 3 rings (SSSR count). The third-order valence-electron chi connectivity index (χ3n) is 3.46. The van der Waals surface area contributed by atoms with E-state index < -0.39 is 11.9 Å². The molecule has 0 aliphatic rings. The summed E-state index contributed by atoms with van der Waals surface area (Å²) < 4.78 is 14.7. The number of rotatable bonds is 5. The number of hydrogen-bond donors (Lipinski definition) is 3. The standard InChI is InChI=1S/C15H16FN5OS/c1-8-20-14-11(16)4-10(5-13(14)23-8)21-15(22)12(17)3-2-9-6-18-19-7-9/h4-7,12H,2-3,17H2,1H3,(H,18,19)(H,21,22). The second-order valence-corrected chi connectivity index (χ2v) is 6.51. The number of thiazole rings is 1. The fourth-order valence-corrected chi connectivity index (χ4v) is 3.16. The molecule has 23 heavy (non-hydrogen) atoms. The van der Waals surface area contributed by atoms with Crippen molar-refractivity contribution in [2.75, 3.05) is 5.32 Å². The molecule has 1 atom stereocenters. The van der Waals surface area contributed by atoms with E-state index in [1.807, 2.05) is 6.92 Å². The van der Waals surface area contributed by atoms with Crippen molar-refractivity contribution in [3.8, 4) is 0 Å². The van der Waals surface area contributed by atoms with Crippen LogP contribution < -0.4 is 11.1 Å². The minimum Gasteiger partial charge on any atom is -0.325 e. The molecule has 4 N–H and O–H groups in total. The molecule has 1 amide bonds. The van der Waals surface area contributed by atoms with Crippen LogP contribution in [0, 0.1) is 12.7 Å². The number of hydrogen-bond acceptors (Lipinski definition) is 5. The number of aromatic amines is 1. The molecule has 0 saturated heterocycles. The molecule has 120 valence electrons. The van der Waals surface area contributed by atoms with E-state index in [0.717, 1.165) is 10.6 Å². The van der Waals surface area contributed by atoms with Crippen molar-refractivity contribution in [2.45, 2.75) is 25.8 Å². The van der Waals surface area contributed by atoms with E-state index >= 15 is 0 Å². The first-order valence-electron chi connectivity index (χ1n) is 7.13. The number of amides is 1. The normalized spacial score (nSPS) is 12.5. The van der Waals surface area contributed by atoms with Crippen molar-refractivity contribution >= 4 is 33.1 Å². The van der Waals surface area contributed by atoms with E-state index in [1.54, 1.807) is 18.5 Å². The average molecular weight is 333 g/mol. The molecule has 1 unspecified atom stereocenters. The second-order valence-electron chi connectivity index (χ2n) is 5.28.